The molecule has 1 aliphatic heterocycles. The van der Waals surface area contributed by atoms with Gasteiger partial charge in [0.05, 0.1) is 24.6 Å². The predicted octanol–water partition coefficient (Wildman–Crippen LogP) is 4.57. The molecular formula is C26H24N4O3. The summed E-state index contributed by atoms with van der Waals surface area (Å²) in [6.07, 6.45) is 4.87. The number of fused-ring (bicyclic) bond motifs is 1. The van der Waals surface area contributed by atoms with Gasteiger partial charge in [-0.2, -0.15) is 5.10 Å². The van der Waals surface area contributed by atoms with Crippen LogP contribution in [-0.4, -0.2) is 46.9 Å². The summed E-state index contributed by atoms with van der Waals surface area (Å²) in [5.41, 5.74) is 6.58. The summed E-state index contributed by atoms with van der Waals surface area (Å²) >= 11 is 0. The van der Waals surface area contributed by atoms with Crippen LogP contribution in [0, 0.1) is 6.92 Å². The fourth-order valence-corrected chi connectivity index (χ4v) is 4.51. The van der Waals surface area contributed by atoms with E-state index in [-0.39, 0.29) is 5.78 Å². The van der Waals surface area contributed by atoms with E-state index in [1.807, 2.05) is 35.1 Å². The van der Waals surface area contributed by atoms with Crippen LogP contribution in [0.15, 0.2) is 59.2 Å². The summed E-state index contributed by atoms with van der Waals surface area (Å²) < 4.78 is 13.6. The Hall–Kier alpha value is -3.71. The molecule has 7 nitrogen and oxygen atoms in total. The van der Waals surface area contributed by atoms with Crippen molar-refractivity contribution in [2.45, 2.75) is 19.8 Å². The van der Waals surface area contributed by atoms with Gasteiger partial charge in [-0.1, -0.05) is 23.8 Å². The Morgan fingerprint density at radius 2 is 1.91 bits per heavy atom. The van der Waals surface area contributed by atoms with E-state index in [2.05, 4.69) is 30.0 Å². The largest absolute Gasteiger partial charge is 0.453 e. The molecule has 4 heterocycles. The minimum absolute atomic E-state index is 0.146. The number of pyridine rings is 1. The topological polar surface area (TPSA) is 73.4 Å². The fourth-order valence-electron chi connectivity index (χ4n) is 4.51. The fraction of sp³-hybridized carbons (Fsp3) is 0.269. The van der Waals surface area contributed by atoms with Gasteiger partial charge in [0, 0.05) is 43.4 Å². The normalized spacial score (nSPS) is 16.6. The van der Waals surface area contributed by atoms with Crippen LogP contribution in [0.4, 0.5) is 5.69 Å². The number of benzene rings is 1. The number of carbonyl (C=O) groups excluding carboxylic acids is 1. The number of hydrogen-bond donors (Lipinski definition) is 0. The lowest BCUT2D eigenvalue weighted by Crippen LogP contribution is -2.36. The highest BCUT2D eigenvalue weighted by Crippen LogP contribution is 2.36. The third-order valence-electron chi connectivity index (χ3n) is 6.23. The number of morpholine rings is 1. The van der Waals surface area contributed by atoms with Crippen LogP contribution in [-0.2, 0) is 9.53 Å². The van der Waals surface area contributed by atoms with Crippen LogP contribution in [0.5, 0.6) is 0 Å². The lowest BCUT2D eigenvalue weighted by Gasteiger charge is -2.29. The highest BCUT2D eigenvalue weighted by Gasteiger charge is 2.23. The first-order valence-corrected chi connectivity index (χ1v) is 11.3. The first kappa shape index (κ1) is 19.9. The van der Waals surface area contributed by atoms with E-state index < -0.39 is 0 Å². The van der Waals surface area contributed by atoms with Gasteiger partial charge < -0.3 is 14.1 Å². The predicted molar refractivity (Wildman–Crippen MR) is 127 cm³/mol. The van der Waals surface area contributed by atoms with Gasteiger partial charge in [0.25, 0.3) is 0 Å². The molecule has 33 heavy (non-hydrogen) atoms. The Kier molecular flexibility index (Phi) is 4.84. The first-order chi connectivity index (χ1) is 16.1. The van der Waals surface area contributed by atoms with Crippen molar-refractivity contribution in [3.8, 4) is 17.1 Å². The summed E-state index contributed by atoms with van der Waals surface area (Å²) in [6.45, 7) is 4.98. The lowest BCUT2D eigenvalue weighted by molar-refractivity contribution is -0.114. The summed E-state index contributed by atoms with van der Waals surface area (Å²) in [7, 11) is 0. The maximum Gasteiger partial charge on any atom is 0.176 e. The van der Waals surface area contributed by atoms with Crippen molar-refractivity contribution in [3.63, 3.8) is 0 Å². The van der Waals surface area contributed by atoms with E-state index in [1.165, 1.54) is 5.56 Å². The molecule has 1 aliphatic carbocycles. The Morgan fingerprint density at radius 1 is 1.03 bits per heavy atom. The number of anilines is 1. The minimum atomic E-state index is 0.146. The van der Waals surface area contributed by atoms with E-state index in [4.69, 9.17) is 19.2 Å². The molecule has 4 aromatic rings. The maximum atomic E-state index is 11.8. The van der Waals surface area contributed by atoms with E-state index in [0.29, 0.717) is 26.1 Å². The summed E-state index contributed by atoms with van der Waals surface area (Å²) in [6, 6.07) is 14.3. The van der Waals surface area contributed by atoms with Crippen molar-refractivity contribution >= 4 is 28.1 Å². The highest BCUT2D eigenvalue weighted by atomic mass is 16.5. The highest BCUT2D eigenvalue weighted by molar-refractivity contribution is 6.02. The van der Waals surface area contributed by atoms with E-state index in [1.54, 1.807) is 6.08 Å². The first-order valence-electron chi connectivity index (χ1n) is 11.3. The molecule has 0 saturated carbocycles. The van der Waals surface area contributed by atoms with Gasteiger partial charge in [0.15, 0.2) is 17.2 Å². The van der Waals surface area contributed by atoms with Crippen LogP contribution in [0.25, 0.3) is 33.7 Å². The van der Waals surface area contributed by atoms with Gasteiger partial charge in [0.2, 0.25) is 0 Å². The average Bonchev–Trinajstić information content (AvgIpc) is 3.58. The number of aromatic nitrogens is 3. The van der Waals surface area contributed by atoms with Crippen molar-refractivity contribution < 1.29 is 13.9 Å². The number of carbonyl (C=O) groups is 1. The average molecular weight is 441 g/mol. The zero-order chi connectivity index (χ0) is 22.4. The molecule has 6 rings (SSSR count). The second-order valence-electron chi connectivity index (χ2n) is 8.57. The summed E-state index contributed by atoms with van der Waals surface area (Å²) in [5.74, 6) is 1.59. The second-order valence-corrected chi connectivity index (χ2v) is 8.57. The quantitative estimate of drug-likeness (QED) is 0.463. The monoisotopic (exact) mass is 440 g/mol. The van der Waals surface area contributed by atoms with Crippen LogP contribution in [0.2, 0.25) is 0 Å². The number of ketones is 1. The van der Waals surface area contributed by atoms with Gasteiger partial charge in [-0.15, -0.1) is 0 Å². The van der Waals surface area contributed by atoms with Crippen LogP contribution >= 0.6 is 0 Å². The zero-order valence-corrected chi connectivity index (χ0v) is 18.5. The summed E-state index contributed by atoms with van der Waals surface area (Å²) in [4.78, 5) is 18.9. The standard InChI is InChI=1S/C26H24N4O3/c1-17-3-2-4-18(13-17)21-7-8-30(28-21)25-16-23(29-9-11-32-12-10-29)26-22(27-25)15-24(33-26)19-5-6-20(31)14-19/h2-4,7-8,13-16H,5-6,9-12H2,1H3. The Labute approximate surface area is 191 Å². The smallest absolute Gasteiger partial charge is 0.176 e. The molecule has 1 fully saturated rings. The maximum absolute atomic E-state index is 11.8. The van der Waals surface area contributed by atoms with Gasteiger partial charge in [0.1, 0.15) is 11.3 Å². The number of aryl methyl sites for hydroxylation is 1. The van der Waals surface area contributed by atoms with Gasteiger partial charge in [-0.25, -0.2) is 9.67 Å². The van der Waals surface area contributed by atoms with Gasteiger partial charge >= 0.3 is 0 Å². The number of allylic oxidation sites excluding steroid dienone is 2. The van der Waals surface area contributed by atoms with Gasteiger partial charge in [-0.3, -0.25) is 4.79 Å². The Morgan fingerprint density at radius 3 is 2.70 bits per heavy atom. The molecule has 1 saturated heterocycles. The molecule has 0 amide bonds. The molecule has 0 spiro atoms. The van der Waals surface area contributed by atoms with Crippen molar-refractivity contribution in [1.82, 2.24) is 14.8 Å². The minimum Gasteiger partial charge on any atom is -0.453 e. The molecular weight excluding hydrogens is 416 g/mol. The zero-order valence-electron chi connectivity index (χ0n) is 18.5. The number of nitrogens with zero attached hydrogens (tertiary/aromatic N) is 4. The van der Waals surface area contributed by atoms with Crippen molar-refractivity contribution in [3.05, 3.63) is 66.1 Å². The number of furan rings is 1. The second kappa shape index (κ2) is 8.01. The summed E-state index contributed by atoms with van der Waals surface area (Å²) in [5, 5.41) is 4.80. The number of ether oxygens (including phenoxy) is 1. The molecule has 2 aliphatic rings. The van der Waals surface area contributed by atoms with Crippen LogP contribution < -0.4 is 4.90 Å². The third-order valence-corrected chi connectivity index (χ3v) is 6.23. The van der Waals surface area contributed by atoms with Crippen molar-refractivity contribution in [2.75, 3.05) is 31.2 Å². The molecule has 166 valence electrons. The Bertz CT molecular complexity index is 1390. The van der Waals surface area contributed by atoms with Crippen molar-refractivity contribution in [2.24, 2.45) is 0 Å². The number of hydrogen-bond acceptors (Lipinski definition) is 6. The molecule has 1 aromatic carbocycles. The molecule has 0 bridgehead atoms. The molecule has 0 N–H and O–H groups in total. The number of rotatable bonds is 4. The van der Waals surface area contributed by atoms with E-state index in [9.17, 15) is 4.79 Å². The third kappa shape index (κ3) is 3.74. The van der Waals surface area contributed by atoms with Crippen LogP contribution in [0.3, 0.4) is 0 Å². The molecule has 7 heteroatoms. The molecule has 0 radical (unpaired) electrons. The lowest BCUT2D eigenvalue weighted by atomic mass is 10.1. The SMILES string of the molecule is Cc1cccc(-c2ccn(-c3cc(N4CCOCC4)c4oc(C5=CC(=O)CC5)cc4n3)n2)c1. The van der Waals surface area contributed by atoms with E-state index >= 15 is 0 Å². The molecule has 0 unspecified atom stereocenters. The van der Waals surface area contributed by atoms with Crippen molar-refractivity contribution in [1.29, 1.82) is 0 Å². The van der Waals surface area contributed by atoms with Gasteiger partial charge in [-0.05, 0) is 37.1 Å². The van der Waals surface area contributed by atoms with Crippen LogP contribution in [0.1, 0.15) is 24.2 Å². The molecule has 0 atom stereocenters. The molecule has 3 aromatic heterocycles. The van der Waals surface area contributed by atoms with E-state index in [0.717, 1.165) is 58.3 Å². The Balaban J connectivity index is 1.45.